The average molecular weight is 612 g/mol. The van der Waals surface area contributed by atoms with Crippen molar-refractivity contribution in [3.8, 4) is 22.3 Å². The van der Waals surface area contributed by atoms with Gasteiger partial charge in [-0.3, -0.25) is 0 Å². The summed E-state index contributed by atoms with van der Waals surface area (Å²) in [5.41, 5.74) is 20.0. The molecule has 0 radical (unpaired) electrons. The molecule has 0 bridgehead atoms. The summed E-state index contributed by atoms with van der Waals surface area (Å²) in [6.07, 6.45) is 0. The van der Waals surface area contributed by atoms with Crippen molar-refractivity contribution in [2.45, 2.75) is 79.1 Å². The number of aryl methyl sites for hydroxylation is 3. The molecule has 8 rings (SSSR count). The second-order valence-corrected chi connectivity index (χ2v) is 15.4. The molecule has 0 N–H and O–H groups in total. The van der Waals surface area contributed by atoms with Crippen LogP contribution in [0.2, 0.25) is 0 Å². The highest BCUT2D eigenvalue weighted by Crippen LogP contribution is 2.59. The molecule has 0 aliphatic heterocycles. The van der Waals surface area contributed by atoms with Crippen LogP contribution in [-0.2, 0) is 10.8 Å². The lowest BCUT2D eigenvalue weighted by molar-refractivity contribution is 0.652. The minimum absolute atomic E-state index is 0.0387. The second kappa shape index (κ2) is 10.2. The summed E-state index contributed by atoms with van der Waals surface area (Å²) in [5.74, 6) is 0.482. The van der Waals surface area contributed by atoms with Gasteiger partial charge in [0, 0.05) is 27.6 Å². The fourth-order valence-electron chi connectivity index (χ4n) is 8.68. The summed E-state index contributed by atoms with van der Waals surface area (Å²) in [5, 5.41) is 2.61. The van der Waals surface area contributed by atoms with E-state index in [0.29, 0.717) is 5.92 Å². The van der Waals surface area contributed by atoms with Gasteiger partial charge in [-0.15, -0.1) is 0 Å². The zero-order chi connectivity index (χ0) is 33.0. The topological polar surface area (TPSA) is 3.24 Å². The van der Waals surface area contributed by atoms with Crippen LogP contribution in [0.5, 0.6) is 0 Å². The third kappa shape index (κ3) is 4.22. The van der Waals surface area contributed by atoms with Gasteiger partial charge in [0.1, 0.15) is 0 Å². The first-order valence-electron chi connectivity index (χ1n) is 17.2. The van der Waals surface area contributed by atoms with E-state index < -0.39 is 0 Å². The lowest BCUT2D eigenvalue weighted by atomic mass is 9.79. The standard InChI is InChI=1S/C46H45N/c1-27(2)31-19-21-42(30(5)23-31)47(41-20-18-28(3)22-29(41)4)43-26-40-44(34-16-11-10-15-33(34)43)36-25-38-35(24-39(36)46(40,8)9)32-14-12-13-17-37(32)45(38,6)7/h10-27H,1-9H3. The molecule has 2 aliphatic carbocycles. The van der Waals surface area contributed by atoms with Crippen molar-refractivity contribution in [3.63, 3.8) is 0 Å². The smallest absolute Gasteiger partial charge is 0.0543 e. The van der Waals surface area contributed by atoms with Crippen LogP contribution in [0.15, 0.2) is 103 Å². The van der Waals surface area contributed by atoms with Crippen LogP contribution >= 0.6 is 0 Å². The third-order valence-corrected chi connectivity index (χ3v) is 11.3. The predicted octanol–water partition coefficient (Wildman–Crippen LogP) is 13.0. The van der Waals surface area contributed by atoms with Gasteiger partial charge < -0.3 is 4.90 Å². The number of fused-ring (bicyclic) bond motifs is 8. The van der Waals surface area contributed by atoms with Crippen LogP contribution in [0.3, 0.4) is 0 Å². The molecule has 0 unspecified atom stereocenters. The van der Waals surface area contributed by atoms with Crippen molar-refractivity contribution >= 4 is 27.8 Å². The molecule has 1 nitrogen and oxygen atoms in total. The maximum Gasteiger partial charge on any atom is 0.0543 e. The molecule has 0 fully saturated rings. The van der Waals surface area contributed by atoms with Crippen molar-refractivity contribution in [1.29, 1.82) is 0 Å². The van der Waals surface area contributed by atoms with Crippen molar-refractivity contribution < 1.29 is 0 Å². The lowest BCUT2D eigenvalue weighted by Crippen LogP contribution is -2.18. The van der Waals surface area contributed by atoms with Crippen LogP contribution in [0.1, 0.15) is 92.0 Å². The number of anilines is 3. The molecule has 1 heteroatoms. The number of rotatable bonds is 4. The van der Waals surface area contributed by atoms with E-state index in [4.69, 9.17) is 0 Å². The Hall–Kier alpha value is -4.62. The quantitative estimate of drug-likeness (QED) is 0.192. The van der Waals surface area contributed by atoms with Crippen LogP contribution in [0.25, 0.3) is 33.0 Å². The Labute approximate surface area is 280 Å². The van der Waals surface area contributed by atoms with E-state index in [0.717, 1.165) is 0 Å². The predicted molar refractivity (Wildman–Crippen MR) is 202 cm³/mol. The molecule has 47 heavy (non-hydrogen) atoms. The number of nitrogens with zero attached hydrogens (tertiary/aromatic N) is 1. The summed E-state index contributed by atoms with van der Waals surface area (Å²) >= 11 is 0. The first kappa shape index (κ1) is 29.8. The summed E-state index contributed by atoms with van der Waals surface area (Å²) in [6.45, 7) is 20.9. The summed E-state index contributed by atoms with van der Waals surface area (Å²) < 4.78 is 0. The van der Waals surface area contributed by atoms with Crippen molar-refractivity contribution in [2.75, 3.05) is 4.90 Å². The van der Waals surface area contributed by atoms with Gasteiger partial charge in [0.2, 0.25) is 0 Å². The average Bonchev–Trinajstić information content (AvgIpc) is 3.41. The molecule has 0 saturated carbocycles. The highest BCUT2D eigenvalue weighted by molar-refractivity contribution is 6.10. The molecule has 0 spiro atoms. The van der Waals surface area contributed by atoms with E-state index in [1.54, 1.807) is 0 Å². The fourth-order valence-corrected chi connectivity index (χ4v) is 8.68. The monoisotopic (exact) mass is 611 g/mol. The van der Waals surface area contributed by atoms with Gasteiger partial charge in [0.25, 0.3) is 0 Å². The highest BCUT2D eigenvalue weighted by atomic mass is 15.1. The second-order valence-electron chi connectivity index (χ2n) is 15.4. The molecule has 6 aromatic carbocycles. The first-order valence-corrected chi connectivity index (χ1v) is 17.2. The van der Waals surface area contributed by atoms with Gasteiger partial charge in [0.05, 0.1) is 5.69 Å². The molecule has 6 aromatic rings. The van der Waals surface area contributed by atoms with Gasteiger partial charge in [-0.1, -0.05) is 120 Å². The van der Waals surface area contributed by atoms with Gasteiger partial charge in [-0.05, 0) is 124 Å². The summed E-state index contributed by atoms with van der Waals surface area (Å²) in [6, 6.07) is 39.6. The Balaban J connectivity index is 1.43. The summed E-state index contributed by atoms with van der Waals surface area (Å²) in [7, 11) is 0. The largest absolute Gasteiger partial charge is 0.309 e. The van der Waals surface area contributed by atoms with E-state index in [-0.39, 0.29) is 10.8 Å². The minimum atomic E-state index is -0.162. The van der Waals surface area contributed by atoms with Gasteiger partial charge in [-0.2, -0.15) is 0 Å². The van der Waals surface area contributed by atoms with E-state index in [2.05, 4.69) is 170 Å². The lowest BCUT2D eigenvalue weighted by Gasteiger charge is -2.32. The van der Waals surface area contributed by atoms with Gasteiger partial charge in [0.15, 0.2) is 0 Å². The molecule has 2 aliphatic rings. The highest BCUT2D eigenvalue weighted by Gasteiger charge is 2.42. The molecule has 0 aromatic heterocycles. The normalized spacial score (nSPS) is 15.0. The van der Waals surface area contributed by atoms with Crippen LogP contribution in [0, 0.1) is 20.8 Å². The Morgan fingerprint density at radius 2 is 1.09 bits per heavy atom. The van der Waals surface area contributed by atoms with Crippen molar-refractivity contribution in [2.24, 2.45) is 0 Å². The first-order chi connectivity index (χ1) is 22.4. The van der Waals surface area contributed by atoms with Crippen LogP contribution in [-0.4, -0.2) is 0 Å². The Kier molecular flexibility index (Phi) is 6.45. The zero-order valence-corrected chi connectivity index (χ0v) is 29.3. The molecular weight excluding hydrogens is 567 g/mol. The van der Waals surface area contributed by atoms with Crippen molar-refractivity contribution in [3.05, 3.63) is 148 Å². The molecule has 0 heterocycles. The van der Waals surface area contributed by atoms with Gasteiger partial charge >= 0.3 is 0 Å². The zero-order valence-electron chi connectivity index (χ0n) is 29.3. The Bertz CT molecular complexity index is 2260. The van der Waals surface area contributed by atoms with Crippen LogP contribution in [0.4, 0.5) is 17.1 Å². The summed E-state index contributed by atoms with van der Waals surface area (Å²) in [4.78, 5) is 2.54. The maximum absolute atomic E-state index is 2.54. The third-order valence-electron chi connectivity index (χ3n) is 11.3. The molecular formula is C46H45N. The van der Waals surface area contributed by atoms with Gasteiger partial charge in [-0.25, -0.2) is 0 Å². The number of hydrogen-bond donors (Lipinski definition) is 0. The van der Waals surface area contributed by atoms with Crippen molar-refractivity contribution in [1.82, 2.24) is 0 Å². The minimum Gasteiger partial charge on any atom is -0.309 e. The molecule has 0 amide bonds. The van der Waals surface area contributed by atoms with E-state index in [1.807, 2.05) is 0 Å². The SMILES string of the molecule is Cc1ccc(N(c2ccc(C(C)C)cc2C)c2cc3c(c4ccccc24)-c2cc4c(cc2C3(C)C)-c2ccccc2C4(C)C)c(C)c1. The Morgan fingerprint density at radius 3 is 1.79 bits per heavy atom. The maximum atomic E-state index is 2.54. The van der Waals surface area contributed by atoms with E-state index >= 15 is 0 Å². The molecule has 0 atom stereocenters. The van der Waals surface area contributed by atoms with Crippen LogP contribution < -0.4 is 4.90 Å². The number of hydrogen-bond acceptors (Lipinski definition) is 1. The molecule has 234 valence electrons. The fraction of sp³-hybridized carbons (Fsp3) is 0.261. The molecule has 0 saturated heterocycles. The van der Waals surface area contributed by atoms with E-state index in [9.17, 15) is 0 Å². The van der Waals surface area contributed by atoms with E-state index in [1.165, 1.54) is 94.6 Å². The number of benzene rings is 6. The Morgan fingerprint density at radius 1 is 0.489 bits per heavy atom.